The Morgan fingerprint density at radius 1 is 1.16 bits per heavy atom. The van der Waals surface area contributed by atoms with Gasteiger partial charge in [0.25, 0.3) is 5.56 Å². The van der Waals surface area contributed by atoms with Crippen molar-refractivity contribution in [2.75, 3.05) is 6.61 Å². The second kappa shape index (κ2) is 6.43. The van der Waals surface area contributed by atoms with E-state index in [-0.39, 0.29) is 5.56 Å². The number of aromatic nitrogens is 1. The van der Waals surface area contributed by atoms with Gasteiger partial charge < -0.3 is 9.30 Å². The fourth-order valence-corrected chi connectivity index (χ4v) is 1.98. The van der Waals surface area contributed by atoms with Gasteiger partial charge in [0.1, 0.15) is 5.75 Å². The summed E-state index contributed by atoms with van der Waals surface area (Å²) in [5.41, 5.74) is 1.01. The summed E-state index contributed by atoms with van der Waals surface area (Å²) in [6.07, 6.45) is 0.785. The van der Waals surface area contributed by atoms with E-state index in [0.29, 0.717) is 18.2 Å². The van der Waals surface area contributed by atoms with Crippen molar-refractivity contribution in [2.45, 2.75) is 19.9 Å². The normalized spacial score (nSPS) is 10.4. The molecular weight excluding hydrogens is 262 g/mol. The van der Waals surface area contributed by atoms with Crippen LogP contribution in [0.25, 0.3) is 0 Å². The van der Waals surface area contributed by atoms with Gasteiger partial charge in [-0.05, 0) is 43.7 Å². The molecular formula is C15H16ClNO2. The summed E-state index contributed by atoms with van der Waals surface area (Å²) in [6, 6.07) is 12.5. The minimum Gasteiger partial charge on any atom is -0.494 e. The van der Waals surface area contributed by atoms with Crippen LogP contribution in [0.2, 0.25) is 5.02 Å². The molecule has 0 aliphatic heterocycles. The Kier molecular flexibility index (Phi) is 4.63. The van der Waals surface area contributed by atoms with Gasteiger partial charge in [-0.15, -0.1) is 0 Å². The molecule has 0 unspecified atom stereocenters. The van der Waals surface area contributed by atoms with E-state index in [4.69, 9.17) is 16.3 Å². The summed E-state index contributed by atoms with van der Waals surface area (Å²) in [5, 5.41) is 0.693. The van der Waals surface area contributed by atoms with Gasteiger partial charge in [-0.1, -0.05) is 17.7 Å². The standard InChI is InChI=1S/C15H16ClNO2/c1-12-4-2-5-15(18)17(12)10-3-11-19-14-8-6-13(16)7-9-14/h2,4-9H,3,10-11H2,1H3. The first kappa shape index (κ1) is 13.7. The van der Waals surface area contributed by atoms with Crippen molar-refractivity contribution in [3.63, 3.8) is 0 Å². The predicted octanol–water partition coefficient (Wildman–Crippen LogP) is 3.28. The van der Waals surface area contributed by atoms with E-state index in [9.17, 15) is 4.79 Å². The molecule has 19 heavy (non-hydrogen) atoms. The van der Waals surface area contributed by atoms with Gasteiger partial charge in [-0.25, -0.2) is 0 Å². The number of nitrogens with zero attached hydrogens (tertiary/aromatic N) is 1. The number of halogens is 1. The number of aryl methyl sites for hydroxylation is 1. The molecule has 0 aliphatic carbocycles. The summed E-state index contributed by atoms with van der Waals surface area (Å²) >= 11 is 5.79. The average molecular weight is 278 g/mol. The molecule has 0 aliphatic rings. The fraction of sp³-hybridized carbons (Fsp3) is 0.267. The third-order valence-corrected chi connectivity index (χ3v) is 3.13. The lowest BCUT2D eigenvalue weighted by molar-refractivity contribution is 0.300. The van der Waals surface area contributed by atoms with Gasteiger partial charge in [-0.2, -0.15) is 0 Å². The molecule has 1 aromatic carbocycles. The smallest absolute Gasteiger partial charge is 0.250 e. The lowest BCUT2D eigenvalue weighted by Gasteiger charge is -2.10. The lowest BCUT2D eigenvalue weighted by atomic mass is 10.3. The highest BCUT2D eigenvalue weighted by atomic mass is 35.5. The molecule has 0 atom stereocenters. The van der Waals surface area contributed by atoms with Gasteiger partial charge in [0.05, 0.1) is 6.61 Å². The monoisotopic (exact) mass is 277 g/mol. The van der Waals surface area contributed by atoms with Crippen LogP contribution in [-0.4, -0.2) is 11.2 Å². The number of rotatable bonds is 5. The molecule has 0 N–H and O–H groups in total. The number of hydrogen-bond acceptors (Lipinski definition) is 2. The van der Waals surface area contributed by atoms with Crippen LogP contribution in [-0.2, 0) is 6.54 Å². The molecule has 0 saturated carbocycles. The molecule has 2 aromatic rings. The van der Waals surface area contributed by atoms with Gasteiger partial charge >= 0.3 is 0 Å². The maximum atomic E-state index is 11.6. The minimum atomic E-state index is 0.0338. The van der Waals surface area contributed by atoms with E-state index in [0.717, 1.165) is 17.9 Å². The van der Waals surface area contributed by atoms with Crippen LogP contribution in [0.15, 0.2) is 47.3 Å². The zero-order valence-corrected chi connectivity index (χ0v) is 11.6. The Hall–Kier alpha value is -1.74. The van der Waals surface area contributed by atoms with Gasteiger partial charge in [0.2, 0.25) is 0 Å². The fourth-order valence-electron chi connectivity index (χ4n) is 1.85. The molecule has 0 amide bonds. The number of benzene rings is 1. The number of pyridine rings is 1. The highest BCUT2D eigenvalue weighted by Crippen LogP contribution is 2.15. The molecule has 0 fully saturated rings. The van der Waals surface area contributed by atoms with Crippen LogP contribution in [0.3, 0.4) is 0 Å². The highest BCUT2D eigenvalue weighted by Gasteiger charge is 1.99. The highest BCUT2D eigenvalue weighted by molar-refractivity contribution is 6.30. The SMILES string of the molecule is Cc1cccc(=O)n1CCCOc1ccc(Cl)cc1. The Bertz CT molecular complexity index is 590. The van der Waals surface area contributed by atoms with Crippen LogP contribution in [0, 0.1) is 6.92 Å². The summed E-state index contributed by atoms with van der Waals surface area (Å²) in [5.74, 6) is 0.793. The van der Waals surface area contributed by atoms with E-state index in [1.54, 1.807) is 28.8 Å². The van der Waals surface area contributed by atoms with Crippen molar-refractivity contribution in [1.29, 1.82) is 0 Å². The summed E-state index contributed by atoms with van der Waals surface area (Å²) in [4.78, 5) is 11.6. The predicted molar refractivity (Wildman–Crippen MR) is 77.0 cm³/mol. The first-order valence-corrected chi connectivity index (χ1v) is 6.59. The van der Waals surface area contributed by atoms with Gasteiger partial charge in [0, 0.05) is 23.3 Å². The molecule has 100 valence electrons. The molecule has 1 heterocycles. The topological polar surface area (TPSA) is 31.2 Å². The molecule has 2 rings (SSSR count). The third kappa shape index (κ3) is 3.86. The van der Waals surface area contributed by atoms with Crippen LogP contribution >= 0.6 is 11.6 Å². The van der Waals surface area contributed by atoms with Crippen LogP contribution in [0.5, 0.6) is 5.75 Å². The van der Waals surface area contributed by atoms with Crippen molar-refractivity contribution in [2.24, 2.45) is 0 Å². The van der Waals surface area contributed by atoms with Crippen molar-refractivity contribution in [3.8, 4) is 5.75 Å². The molecule has 1 aromatic heterocycles. The second-order valence-electron chi connectivity index (χ2n) is 4.31. The molecule has 4 heteroatoms. The maximum Gasteiger partial charge on any atom is 0.250 e. The van der Waals surface area contributed by atoms with Crippen molar-refractivity contribution >= 4 is 11.6 Å². The van der Waals surface area contributed by atoms with E-state index in [2.05, 4.69) is 0 Å². The van der Waals surface area contributed by atoms with Crippen LogP contribution < -0.4 is 10.3 Å². The van der Waals surface area contributed by atoms with E-state index in [1.807, 2.05) is 25.1 Å². The Balaban J connectivity index is 1.84. The molecule has 0 spiro atoms. The van der Waals surface area contributed by atoms with Crippen LogP contribution in [0.1, 0.15) is 12.1 Å². The summed E-state index contributed by atoms with van der Waals surface area (Å²) < 4.78 is 7.34. The molecule has 0 radical (unpaired) electrons. The quantitative estimate of drug-likeness (QED) is 0.786. The third-order valence-electron chi connectivity index (χ3n) is 2.88. The average Bonchev–Trinajstić information content (AvgIpc) is 2.39. The van der Waals surface area contributed by atoms with Crippen molar-refractivity contribution in [1.82, 2.24) is 4.57 Å². The molecule has 0 saturated heterocycles. The Labute approximate surface area is 117 Å². The minimum absolute atomic E-state index is 0.0338. The van der Waals surface area contributed by atoms with Crippen molar-refractivity contribution < 1.29 is 4.74 Å². The number of ether oxygens (including phenoxy) is 1. The van der Waals surface area contributed by atoms with E-state index < -0.39 is 0 Å². The molecule has 0 bridgehead atoms. The zero-order valence-electron chi connectivity index (χ0n) is 10.8. The van der Waals surface area contributed by atoms with Gasteiger partial charge in [-0.3, -0.25) is 4.79 Å². The van der Waals surface area contributed by atoms with E-state index >= 15 is 0 Å². The lowest BCUT2D eigenvalue weighted by Crippen LogP contribution is -2.21. The summed E-state index contributed by atoms with van der Waals surface area (Å²) in [6.45, 7) is 3.17. The van der Waals surface area contributed by atoms with Crippen molar-refractivity contribution in [3.05, 3.63) is 63.5 Å². The first-order valence-electron chi connectivity index (χ1n) is 6.21. The molecule has 3 nitrogen and oxygen atoms in total. The first-order chi connectivity index (χ1) is 9.16. The Morgan fingerprint density at radius 3 is 2.58 bits per heavy atom. The Morgan fingerprint density at radius 2 is 1.89 bits per heavy atom. The maximum absolute atomic E-state index is 11.6. The number of hydrogen-bond donors (Lipinski definition) is 0. The van der Waals surface area contributed by atoms with Gasteiger partial charge in [0.15, 0.2) is 0 Å². The zero-order chi connectivity index (χ0) is 13.7. The van der Waals surface area contributed by atoms with E-state index in [1.165, 1.54) is 0 Å². The second-order valence-corrected chi connectivity index (χ2v) is 4.75. The largest absolute Gasteiger partial charge is 0.494 e. The van der Waals surface area contributed by atoms with Crippen LogP contribution in [0.4, 0.5) is 0 Å². The summed E-state index contributed by atoms with van der Waals surface area (Å²) in [7, 11) is 0.